The molecule has 0 aliphatic carbocycles. The first kappa shape index (κ1) is 11.2. The smallest absolute Gasteiger partial charge is 0.208 e. The van der Waals surface area contributed by atoms with Gasteiger partial charge in [0.05, 0.1) is 13.7 Å². The van der Waals surface area contributed by atoms with Gasteiger partial charge in [0.1, 0.15) is 17.7 Å². The molecule has 0 amide bonds. The molecule has 0 aliphatic rings. The second-order valence-electron chi connectivity index (χ2n) is 3.18. The summed E-state index contributed by atoms with van der Waals surface area (Å²) in [6.07, 6.45) is 1.58. The van der Waals surface area contributed by atoms with Gasteiger partial charge in [0.2, 0.25) is 5.89 Å². The Morgan fingerprint density at radius 1 is 1.50 bits per heavy atom. The Balaban J connectivity index is 2.49. The Kier molecular flexibility index (Phi) is 3.26. The molecule has 0 radical (unpaired) electrons. The minimum Gasteiger partial charge on any atom is -0.496 e. The van der Waals surface area contributed by atoms with Crippen molar-refractivity contribution in [2.24, 2.45) is 5.73 Å². The van der Waals surface area contributed by atoms with Crippen LogP contribution >= 0.6 is 15.9 Å². The first-order valence-electron chi connectivity index (χ1n) is 4.73. The average Bonchev–Trinajstić information content (AvgIpc) is 2.77. The highest BCUT2D eigenvalue weighted by atomic mass is 79.9. The largest absolute Gasteiger partial charge is 0.496 e. The maximum absolute atomic E-state index is 5.44. The number of aromatic nitrogens is 1. The molecule has 0 fully saturated rings. The molecule has 16 heavy (non-hydrogen) atoms. The quantitative estimate of drug-likeness (QED) is 0.940. The lowest BCUT2D eigenvalue weighted by atomic mass is 10.1. The van der Waals surface area contributed by atoms with E-state index in [0.717, 1.165) is 21.5 Å². The first-order valence-corrected chi connectivity index (χ1v) is 5.52. The molecule has 1 aromatic carbocycles. The van der Waals surface area contributed by atoms with Crippen LogP contribution in [0.25, 0.3) is 11.3 Å². The normalized spacial score (nSPS) is 10.4. The van der Waals surface area contributed by atoms with E-state index in [4.69, 9.17) is 14.9 Å². The van der Waals surface area contributed by atoms with Gasteiger partial charge in [-0.1, -0.05) is 15.9 Å². The van der Waals surface area contributed by atoms with Gasteiger partial charge < -0.3 is 14.9 Å². The average molecular weight is 283 g/mol. The summed E-state index contributed by atoms with van der Waals surface area (Å²) in [4.78, 5) is 4.26. The van der Waals surface area contributed by atoms with Crippen LogP contribution in [0.1, 0.15) is 5.89 Å². The third-order valence-corrected chi connectivity index (χ3v) is 2.66. The second kappa shape index (κ2) is 4.67. The molecule has 0 unspecified atom stereocenters. The summed E-state index contributed by atoms with van der Waals surface area (Å²) in [7, 11) is 1.62. The molecule has 2 aromatic rings. The monoisotopic (exact) mass is 282 g/mol. The molecular formula is C11H11BrN2O2. The SMILES string of the molecule is COc1ccc(Br)cc1-c1coc(CN)n1. The predicted molar refractivity (Wildman–Crippen MR) is 64.1 cm³/mol. The number of benzene rings is 1. The fraction of sp³-hybridized carbons (Fsp3) is 0.182. The van der Waals surface area contributed by atoms with Crippen LogP contribution in [0.3, 0.4) is 0 Å². The van der Waals surface area contributed by atoms with Crippen molar-refractivity contribution in [1.82, 2.24) is 4.98 Å². The molecule has 2 N–H and O–H groups in total. The topological polar surface area (TPSA) is 61.3 Å². The number of hydrogen-bond donors (Lipinski definition) is 1. The van der Waals surface area contributed by atoms with Gasteiger partial charge in [-0.25, -0.2) is 4.98 Å². The standard InChI is InChI=1S/C11H11BrN2O2/c1-15-10-3-2-7(12)4-8(10)9-6-16-11(5-13)14-9/h2-4,6H,5,13H2,1H3. The molecule has 0 spiro atoms. The molecule has 0 bridgehead atoms. The molecule has 5 heteroatoms. The van der Waals surface area contributed by atoms with Gasteiger partial charge in [-0.05, 0) is 18.2 Å². The molecule has 0 aliphatic heterocycles. The highest BCUT2D eigenvalue weighted by molar-refractivity contribution is 9.10. The number of oxazole rings is 1. The van der Waals surface area contributed by atoms with E-state index in [1.54, 1.807) is 13.4 Å². The van der Waals surface area contributed by atoms with E-state index in [9.17, 15) is 0 Å². The van der Waals surface area contributed by atoms with E-state index >= 15 is 0 Å². The van der Waals surface area contributed by atoms with Gasteiger partial charge in [0.25, 0.3) is 0 Å². The van der Waals surface area contributed by atoms with Crippen LogP contribution in [-0.4, -0.2) is 12.1 Å². The van der Waals surface area contributed by atoms with Gasteiger partial charge >= 0.3 is 0 Å². The number of hydrogen-bond acceptors (Lipinski definition) is 4. The molecule has 1 heterocycles. The fourth-order valence-electron chi connectivity index (χ4n) is 1.41. The molecule has 0 saturated heterocycles. The van der Waals surface area contributed by atoms with Crippen LogP contribution in [0.5, 0.6) is 5.75 Å². The molecular weight excluding hydrogens is 272 g/mol. The highest BCUT2D eigenvalue weighted by Gasteiger charge is 2.10. The van der Waals surface area contributed by atoms with Crippen LogP contribution in [0, 0.1) is 0 Å². The van der Waals surface area contributed by atoms with Crippen LogP contribution in [0.4, 0.5) is 0 Å². The van der Waals surface area contributed by atoms with E-state index in [-0.39, 0.29) is 6.54 Å². The summed E-state index contributed by atoms with van der Waals surface area (Å²) in [5.74, 6) is 1.26. The molecule has 2 rings (SSSR count). The summed E-state index contributed by atoms with van der Waals surface area (Å²) in [5, 5.41) is 0. The third-order valence-electron chi connectivity index (χ3n) is 2.16. The molecule has 0 atom stereocenters. The van der Waals surface area contributed by atoms with Crippen molar-refractivity contribution in [2.45, 2.75) is 6.54 Å². The lowest BCUT2D eigenvalue weighted by Gasteiger charge is -2.05. The summed E-state index contributed by atoms with van der Waals surface area (Å²) in [6.45, 7) is 0.288. The molecule has 84 valence electrons. The number of rotatable bonds is 3. The first-order chi connectivity index (χ1) is 7.74. The zero-order valence-corrected chi connectivity index (χ0v) is 10.3. The van der Waals surface area contributed by atoms with Crippen molar-refractivity contribution >= 4 is 15.9 Å². The van der Waals surface area contributed by atoms with Crippen LogP contribution in [0.2, 0.25) is 0 Å². The van der Waals surface area contributed by atoms with E-state index in [2.05, 4.69) is 20.9 Å². The van der Waals surface area contributed by atoms with Gasteiger partial charge in [-0.2, -0.15) is 0 Å². The minimum atomic E-state index is 0.288. The van der Waals surface area contributed by atoms with Crippen molar-refractivity contribution in [3.05, 3.63) is 34.8 Å². The zero-order chi connectivity index (χ0) is 11.5. The Labute approximate surface area is 102 Å². The Morgan fingerprint density at radius 3 is 2.94 bits per heavy atom. The minimum absolute atomic E-state index is 0.288. The van der Waals surface area contributed by atoms with Crippen molar-refractivity contribution < 1.29 is 9.15 Å². The Hall–Kier alpha value is -1.33. The Bertz CT molecular complexity index is 496. The summed E-state index contributed by atoms with van der Waals surface area (Å²) >= 11 is 3.41. The van der Waals surface area contributed by atoms with E-state index < -0.39 is 0 Å². The maximum Gasteiger partial charge on any atom is 0.208 e. The van der Waals surface area contributed by atoms with Gasteiger partial charge in [0, 0.05) is 10.0 Å². The molecule has 4 nitrogen and oxygen atoms in total. The van der Waals surface area contributed by atoms with Crippen LogP contribution < -0.4 is 10.5 Å². The Morgan fingerprint density at radius 2 is 2.31 bits per heavy atom. The van der Waals surface area contributed by atoms with E-state index in [1.165, 1.54) is 0 Å². The molecule has 0 saturated carbocycles. The van der Waals surface area contributed by atoms with E-state index in [1.807, 2.05) is 18.2 Å². The fourth-order valence-corrected chi connectivity index (χ4v) is 1.77. The molecule has 1 aromatic heterocycles. The lowest BCUT2D eigenvalue weighted by molar-refractivity contribution is 0.416. The van der Waals surface area contributed by atoms with Crippen LogP contribution in [-0.2, 0) is 6.54 Å². The summed E-state index contributed by atoms with van der Waals surface area (Å²) < 4.78 is 11.4. The summed E-state index contributed by atoms with van der Waals surface area (Å²) in [5.41, 5.74) is 7.04. The van der Waals surface area contributed by atoms with Gasteiger partial charge in [0.15, 0.2) is 0 Å². The van der Waals surface area contributed by atoms with Crippen molar-refractivity contribution in [3.8, 4) is 17.0 Å². The van der Waals surface area contributed by atoms with E-state index in [0.29, 0.717) is 5.89 Å². The predicted octanol–water partition coefficient (Wildman–Crippen LogP) is 2.57. The van der Waals surface area contributed by atoms with Crippen molar-refractivity contribution in [3.63, 3.8) is 0 Å². The zero-order valence-electron chi connectivity index (χ0n) is 8.74. The van der Waals surface area contributed by atoms with Gasteiger partial charge in [-0.3, -0.25) is 0 Å². The second-order valence-corrected chi connectivity index (χ2v) is 4.09. The van der Waals surface area contributed by atoms with Crippen molar-refractivity contribution in [1.29, 1.82) is 0 Å². The van der Waals surface area contributed by atoms with Gasteiger partial charge in [-0.15, -0.1) is 0 Å². The number of methoxy groups -OCH3 is 1. The number of nitrogens with two attached hydrogens (primary N) is 1. The lowest BCUT2D eigenvalue weighted by Crippen LogP contribution is -1.96. The van der Waals surface area contributed by atoms with Crippen LogP contribution in [0.15, 0.2) is 33.4 Å². The third kappa shape index (κ3) is 2.10. The van der Waals surface area contributed by atoms with Crippen molar-refractivity contribution in [2.75, 3.05) is 7.11 Å². The number of nitrogens with zero attached hydrogens (tertiary/aromatic N) is 1. The summed E-state index contributed by atoms with van der Waals surface area (Å²) in [6, 6.07) is 5.71. The highest BCUT2D eigenvalue weighted by Crippen LogP contribution is 2.31. The number of ether oxygens (including phenoxy) is 1. The number of halogens is 1. The maximum atomic E-state index is 5.44.